The van der Waals surface area contributed by atoms with Crippen LogP contribution in [-0.4, -0.2) is 24.0 Å². The van der Waals surface area contributed by atoms with E-state index in [1.165, 1.54) is 13.2 Å². The van der Waals surface area contributed by atoms with E-state index >= 15 is 0 Å². The Morgan fingerprint density at radius 3 is 2.55 bits per heavy atom. The molecule has 2 heterocycles. The molecule has 4 aromatic rings. The van der Waals surface area contributed by atoms with Gasteiger partial charge >= 0.3 is 5.97 Å². The molecule has 1 amide bonds. The number of nitrogens with zero attached hydrogens (tertiary/aromatic N) is 1. The van der Waals surface area contributed by atoms with Crippen molar-refractivity contribution < 1.29 is 18.7 Å². The normalized spacial score (nSPS) is 11.6. The number of carbonyl (C=O) groups is 2. The third-order valence-electron chi connectivity index (χ3n) is 5.02. The fraction of sp³-hybridized carbons (Fsp3) is 0.125. The maximum Gasteiger partial charge on any atom is 0.354 e. The van der Waals surface area contributed by atoms with Gasteiger partial charge < -0.3 is 19.5 Å². The zero-order valence-electron chi connectivity index (χ0n) is 16.9. The Bertz CT molecular complexity index is 1280. The molecule has 0 aliphatic carbocycles. The monoisotopic (exact) mass is 413 g/mol. The maximum absolute atomic E-state index is 12.6. The van der Waals surface area contributed by atoms with Crippen LogP contribution in [0.5, 0.6) is 0 Å². The lowest BCUT2D eigenvalue weighted by Gasteiger charge is -2.14. The summed E-state index contributed by atoms with van der Waals surface area (Å²) in [6.07, 6.45) is 0. The summed E-state index contributed by atoms with van der Waals surface area (Å²) in [5, 5.41) is 12.0. The third kappa shape index (κ3) is 4.05. The van der Waals surface area contributed by atoms with E-state index in [9.17, 15) is 9.59 Å². The average Bonchev–Trinajstić information content (AvgIpc) is 3.38. The second-order valence-electron chi connectivity index (χ2n) is 7.07. The van der Waals surface area contributed by atoms with Gasteiger partial charge in [-0.25, -0.2) is 4.79 Å². The first-order chi connectivity index (χ1) is 15.0. The van der Waals surface area contributed by atoms with Gasteiger partial charge in [-0.3, -0.25) is 4.79 Å². The molecule has 2 N–H and O–H groups in total. The first-order valence-corrected chi connectivity index (χ1v) is 9.60. The Morgan fingerprint density at radius 1 is 1.10 bits per heavy atom. The topological polar surface area (TPSA) is 108 Å². The minimum Gasteiger partial charge on any atom is -0.464 e. The van der Waals surface area contributed by atoms with E-state index in [1.807, 2.05) is 49.4 Å². The van der Waals surface area contributed by atoms with Crippen molar-refractivity contribution in [2.45, 2.75) is 13.0 Å². The summed E-state index contributed by atoms with van der Waals surface area (Å²) in [5.74, 6) is -0.717. The van der Waals surface area contributed by atoms with Gasteiger partial charge in [0.2, 0.25) is 0 Å². The number of carbonyl (C=O) groups excluding carboxylic acids is 2. The van der Waals surface area contributed by atoms with E-state index in [4.69, 9.17) is 9.68 Å². The molecule has 0 aliphatic rings. The van der Waals surface area contributed by atoms with Crippen LogP contribution in [0.25, 0.3) is 22.2 Å². The van der Waals surface area contributed by atoms with E-state index in [0.717, 1.165) is 16.7 Å². The largest absolute Gasteiger partial charge is 0.464 e. The molecule has 1 atom stereocenters. The number of nitriles is 1. The molecule has 2 aromatic carbocycles. The highest BCUT2D eigenvalue weighted by Gasteiger charge is 2.19. The van der Waals surface area contributed by atoms with Crippen LogP contribution in [0.2, 0.25) is 0 Å². The molecule has 4 rings (SSSR count). The third-order valence-corrected chi connectivity index (χ3v) is 5.02. The number of rotatable bonds is 5. The SMILES string of the molecule is COC(=O)c1cc2oc(C(=O)NC(C)c3ccc(-c4cccc(C#N)c4)cc3)cc2[nH]1. The van der Waals surface area contributed by atoms with Crippen molar-refractivity contribution in [3.05, 3.63) is 83.2 Å². The summed E-state index contributed by atoms with van der Waals surface area (Å²) in [6.45, 7) is 1.88. The van der Waals surface area contributed by atoms with Crippen LogP contribution in [-0.2, 0) is 4.74 Å². The highest BCUT2D eigenvalue weighted by Crippen LogP contribution is 2.24. The van der Waals surface area contributed by atoms with Crippen molar-refractivity contribution in [1.82, 2.24) is 10.3 Å². The molecule has 7 nitrogen and oxygen atoms in total. The first kappa shape index (κ1) is 20.0. The smallest absolute Gasteiger partial charge is 0.354 e. The standard InChI is InChI=1S/C24H19N3O4/c1-14(16-6-8-17(9-7-16)18-5-3-4-15(10-18)13-25)26-23(28)22-11-19-21(31-22)12-20(27-19)24(29)30-2/h3-12,14,27H,1-2H3,(H,26,28). The second kappa shape index (κ2) is 8.20. The van der Waals surface area contributed by atoms with Crippen LogP contribution in [0.4, 0.5) is 0 Å². The van der Waals surface area contributed by atoms with E-state index in [0.29, 0.717) is 16.7 Å². The number of fused-ring (bicyclic) bond motifs is 1. The van der Waals surface area contributed by atoms with Gasteiger partial charge in [-0.15, -0.1) is 0 Å². The van der Waals surface area contributed by atoms with Crippen LogP contribution < -0.4 is 5.32 Å². The van der Waals surface area contributed by atoms with E-state index < -0.39 is 5.97 Å². The van der Waals surface area contributed by atoms with Crippen molar-refractivity contribution in [1.29, 1.82) is 5.26 Å². The van der Waals surface area contributed by atoms with Gasteiger partial charge in [0.05, 0.1) is 30.3 Å². The van der Waals surface area contributed by atoms with Crippen LogP contribution in [0, 0.1) is 11.3 Å². The fourth-order valence-electron chi connectivity index (χ4n) is 3.34. The highest BCUT2D eigenvalue weighted by molar-refractivity contribution is 5.98. The van der Waals surface area contributed by atoms with Crippen molar-refractivity contribution in [3.8, 4) is 17.2 Å². The lowest BCUT2D eigenvalue weighted by molar-refractivity contribution is 0.0595. The predicted octanol–water partition coefficient (Wildman–Crippen LogP) is 4.58. The molecule has 0 saturated carbocycles. The van der Waals surface area contributed by atoms with Crippen LogP contribution >= 0.6 is 0 Å². The lowest BCUT2D eigenvalue weighted by Crippen LogP contribution is -2.26. The quantitative estimate of drug-likeness (QED) is 0.466. The molecule has 0 spiro atoms. The molecule has 0 bridgehead atoms. The van der Waals surface area contributed by atoms with Crippen molar-refractivity contribution >= 4 is 23.0 Å². The number of furan rings is 1. The number of methoxy groups -OCH3 is 1. The Labute approximate surface area is 178 Å². The van der Waals surface area contributed by atoms with Gasteiger partial charge in [-0.05, 0) is 35.7 Å². The summed E-state index contributed by atoms with van der Waals surface area (Å²) in [7, 11) is 1.29. The summed E-state index contributed by atoms with van der Waals surface area (Å²) in [6, 6.07) is 20.1. The van der Waals surface area contributed by atoms with E-state index in [-0.39, 0.29) is 23.4 Å². The number of hydrogen-bond acceptors (Lipinski definition) is 5. The summed E-state index contributed by atoms with van der Waals surface area (Å²) < 4.78 is 10.2. The molecule has 0 fully saturated rings. The van der Waals surface area contributed by atoms with Crippen LogP contribution in [0.15, 0.2) is 65.1 Å². The van der Waals surface area contributed by atoms with Gasteiger partial charge in [0.25, 0.3) is 5.91 Å². The summed E-state index contributed by atoms with van der Waals surface area (Å²) in [5.41, 5.74) is 4.69. The number of aromatic nitrogens is 1. The Morgan fingerprint density at radius 2 is 1.87 bits per heavy atom. The Balaban J connectivity index is 1.46. The van der Waals surface area contributed by atoms with E-state index in [2.05, 4.69) is 21.1 Å². The first-order valence-electron chi connectivity index (χ1n) is 9.60. The molecular weight excluding hydrogens is 394 g/mol. The highest BCUT2D eigenvalue weighted by atomic mass is 16.5. The number of hydrogen-bond donors (Lipinski definition) is 2. The maximum atomic E-state index is 12.6. The number of benzene rings is 2. The van der Waals surface area contributed by atoms with Gasteiger partial charge in [0.15, 0.2) is 11.3 Å². The zero-order valence-corrected chi connectivity index (χ0v) is 16.9. The van der Waals surface area contributed by atoms with Crippen molar-refractivity contribution in [2.75, 3.05) is 7.11 Å². The number of ether oxygens (including phenoxy) is 1. The van der Waals surface area contributed by atoms with E-state index in [1.54, 1.807) is 12.1 Å². The summed E-state index contributed by atoms with van der Waals surface area (Å²) in [4.78, 5) is 27.0. The molecule has 31 heavy (non-hydrogen) atoms. The predicted molar refractivity (Wildman–Crippen MR) is 114 cm³/mol. The number of nitrogens with one attached hydrogen (secondary N) is 2. The molecule has 0 aliphatic heterocycles. The number of H-pyrrole nitrogens is 1. The van der Waals surface area contributed by atoms with Crippen LogP contribution in [0.1, 0.15) is 45.1 Å². The van der Waals surface area contributed by atoms with Gasteiger partial charge in [0, 0.05) is 12.1 Å². The molecule has 2 aromatic heterocycles. The number of amides is 1. The molecule has 1 unspecified atom stereocenters. The molecule has 7 heteroatoms. The molecule has 0 radical (unpaired) electrons. The lowest BCUT2D eigenvalue weighted by atomic mass is 10.00. The van der Waals surface area contributed by atoms with Crippen molar-refractivity contribution in [2.24, 2.45) is 0 Å². The van der Waals surface area contributed by atoms with Gasteiger partial charge in [-0.2, -0.15) is 5.26 Å². The molecular formula is C24H19N3O4. The Kier molecular flexibility index (Phi) is 5.29. The minimum atomic E-state index is -0.506. The number of aromatic amines is 1. The van der Waals surface area contributed by atoms with Gasteiger partial charge in [0.1, 0.15) is 5.69 Å². The summed E-state index contributed by atoms with van der Waals surface area (Å²) >= 11 is 0. The molecule has 0 saturated heterocycles. The molecule has 154 valence electrons. The van der Waals surface area contributed by atoms with Crippen LogP contribution in [0.3, 0.4) is 0 Å². The fourth-order valence-corrected chi connectivity index (χ4v) is 3.34. The second-order valence-corrected chi connectivity index (χ2v) is 7.07. The van der Waals surface area contributed by atoms with Crippen molar-refractivity contribution in [3.63, 3.8) is 0 Å². The zero-order chi connectivity index (χ0) is 22.0. The minimum absolute atomic E-state index is 0.148. The number of esters is 1. The average molecular weight is 413 g/mol. The Hall–Kier alpha value is -4.31. The van der Waals surface area contributed by atoms with Gasteiger partial charge in [-0.1, -0.05) is 36.4 Å².